The van der Waals surface area contributed by atoms with Gasteiger partial charge in [0.05, 0.1) is 16.5 Å². The van der Waals surface area contributed by atoms with Gasteiger partial charge in [-0.2, -0.15) is 0 Å². The van der Waals surface area contributed by atoms with Gasteiger partial charge in [0, 0.05) is 89.8 Å². The maximum atomic E-state index is 6.72. The number of para-hydroxylation sites is 4. The molecule has 1 N–H and O–H groups in total. The zero-order valence-electron chi connectivity index (χ0n) is 61.1. The van der Waals surface area contributed by atoms with E-state index in [1.165, 1.54) is 140 Å². The maximum absolute atomic E-state index is 6.72. The van der Waals surface area contributed by atoms with E-state index in [2.05, 4.69) is 420 Å². The zero-order valence-corrected chi connectivity index (χ0v) is 64.3. The van der Waals surface area contributed by atoms with Gasteiger partial charge in [-0.15, -0.1) is 22.7 Å². The summed E-state index contributed by atoms with van der Waals surface area (Å²) in [5.41, 5.74) is 24.5. The predicted molar refractivity (Wildman–Crippen MR) is 478 cm³/mol. The van der Waals surface area contributed by atoms with Crippen LogP contribution in [-0.4, -0.2) is 0 Å². The molecule has 20 aromatic rings. The van der Waals surface area contributed by atoms with E-state index < -0.39 is 10.8 Å². The van der Waals surface area contributed by atoms with Crippen LogP contribution in [0.1, 0.15) is 44.5 Å². The third-order valence-electron chi connectivity index (χ3n) is 23.3. The minimum Gasteiger partial charge on any atom is -0.457 e. The van der Waals surface area contributed by atoms with Crippen molar-refractivity contribution in [3.05, 3.63) is 449 Å². The number of thiophene rings is 2. The minimum absolute atomic E-state index is 0.413. The largest absolute Gasteiger partial charge is 0.457 e. The number of hydrogen-bond acceptors (Lipinski definition) is 6. The normalized spacial score (nSPS) is 13.1. The standard InChI is InChI=1S/C53H33NOS.C29H17BrO.C24H17NS/c1-2-13-34(14-3-1)35-25-27-38(28-26-35)54(47-20-12-24-51-52(47)41-17-6-11-23-50(41)56-51)39-29-30-40-42-31-36-15-4-5-16-37(36)32-45(42)53(46(40)33-39)43-18-7-9-21-48(43)55-49-22-10-8-19-44(49)53;30-20-13-14-21-22-15-18-7-1-2-8-19(18)16-25(22)29(26(21)17-20)23-9-3-5-11-27(23)31-28-12-6-4-10-24(28)29;1-2-7-17(8-3-1)18-13-15-19(16-14-18)25-21-10-6-12-23-24(21)20-9-4-5-11-22(20)26-23/h1-33H;1-17H;1-16,25H. The SMILES string of the molecule is Brc1ccc2c(c1)C1(c3ccccc3Oc3ccccc31)c1cc3ccccc3cc1-2.c1ccc(-c2ccc(N(c3ccc4c(c3)C3(c5ccccc5Oc5ccccc53)c3cc5ccccc5cc3-4)c3cccc4sc5ccccc5c34)cc2)cc1.c1ccc(-c2ccc(Nc3cccc4sc5ccccc5c34)cc2)cc1. The summed E-state index contributed by atoms with van der Waals surface area (Å²) in [5.74, 6) is 3.64. The lowest BCUT2D eigenvalue weighted by atomic mass is 9.66. The summed E-state index contributed by atoms with van der Waals surface area (Å²) in [6.45, 7) is 0. The van der Waals surface area contributed by atoms with Crippen molar-refractivity contribution in [2.24, 2.45) is 0 Å². The summed E-state index contributed by atoms with van der Waals surface area (Å²) in [7, 11) is 0. The summed E-state index contributed by atoms with van der Waals surface area (Å²) >= 11 is 7.46. The summed E-state index contributed by atoms with van der Waals surface area (Å²) in [4.78, 5) is 2.47. The molecule has 7 heteroatoms. The van der Waals surface area contributed by atoms with Crippen molar-refractivity contribution in [1.82, 2.24) is 0 Å². The number of anilines is 5. The van der Waals surface area contributed by atoms with E-state index in [0.717, 1.165) is 67.0 Å². The molecule has 0 saturated heterocycles. The van der Waals surface area contributed by atoms with Crippen molar-refractivity contribution in [3.63, 3.8) is 0 Å². The van der Waals surface area contributed by atoms with E-state index in [0.29, 0.717) is 0 Å². The van der Waals surface area contributed by atoms with Crippen LogP contribution in [0.15, 0.2) is 405 Å². The van der Waals surface area contributed by atoms with Crippen molar-refractivity contribution in [1.29, 1.82) is 0 Å². The number of ether oxygens (including phenoxy) is 2. The van der Waals surface area contributed by atoms with E-state index in [9.17, 15) is 0 Å². The summed E-state index contributed by atoms with van der Waals surface area (Å²) in [6.07, 6.45) is 0. The molecular weight excluding hydrogens is 1480 g/mol. The molecule has 2 aromatic heterocycles. The number of nitrogens with zero attached hydrogens (tertiary/aromatic N) is 1. The van der Waals surface area contributed by atoms with Crippen LogP contribution in [0.25, 0.3) is 106 Å². The van der Waals surface area contributed by atoms with Crippen LogP contribution < -0.4 is 19.7 Å². The van der Waals surface area contributed by atoms with Gasteiger partial charge in [0.15, 0.2) is 0 Å². The Morgan fingerprint density at radius 3 is 1.17 bits per heavy atom. The van der Waals surface area contributed by atoms with Crippen molar-refractivity contribution < 1.29 is 9.47 Å². The summed E-state index contributed by atoms with van der Waals surface area (Å²) in [5, 5.41) is 13.8. The number of benzene rings is 18. The van der Waals surface area contributed by atoms with Gasteiger partial charge in [-0.3, -0.25) is 0 Å². The van der Waals surface area contributed by atoms with Crippen molar-refractivity contribution in [3.8, 4) is 67.5 Å². The molecule has 0 bridgehead atoms. The number of halogens is 1. The van der Waals surface area contributed by atoms with Gasteiger partial charge < -0.3 is 19.7 Å². The van der Waals surface area contributed by atoms with E-state index in [1.54, 1.807) is 0 Å². The lowest BCUT2D eigenvalue weighted by Gasteiger charge is -2.39. The van der Waals surface area contributed by atoms with E-state index in [-0.39, 0.29) is 0 Å². The second-order valence-corrected chi connectivity index (χ2v) is 32.5. The van der Waals surface area contributed by atoms with Gasteiger partial charge in [0.1, 0.15) is 23.0 Å². The minimum atomic E-state index is -0.597. The monoisotopic (exact) mass is 1540 g/mol. The average molecular weight is 1540 g/mol. The van der Waals surface area contributed by atoms with E-state index >= 15 is 0 Å². The predicted octanol–water partition coefficient (Wildman–Crippen LogP) is 30.3. The topological polar surface area (TPSA) is 33.7 Å². The molecule has 2 aliphatic heterocycles. The maximum Gasteiger partial charge on any atom is 0.132 e. The lowest BCUT2D eigenvalue weighted by molar-refractivity contribution is 0.436. The second-order valence-electron chi connectivity index (χ2n) is 29.4. The number of hydrogen-bond donors (Lipinski definition) is 1. The van der Waals surface area contributed by atoms with Crippen molar-refractivity contribution in [2.45, 2.75) is 10.8 Å². The average Bonchev–Trinajstić information content (AvgIpc) is 1.53. The highest BCUT2D eigenvalue weighted by Gasteiger charge is 2.53. The Bertz CT molecular complexity index is 7100. The molecule has 2 spiro atoms. The summed E-state index contributed by atoms with van der Waals surface area (Å²) < 4.78 is 19.4. The third kappa shape index (κ3) is 10.7. The molecule has 0 atom stereocenters. The fourth-order valence-electron chi connectivity index (χ4n) is 18.5. The fourth-order valence-corrected chi connectivity index (χ4v) is 21.1. The Morgan fingerprint density at radius 1 is 0.265 bits per heavy atom. The van der Waals surface area contributed by atoms with Crippen LogP contribution in [0, 0.1) is 0 Å². The molecule has 532 valence electrons. The molecule has 24 rings (SSSR count). The Balaban J connectivity index is 0.000000115. The quantitative estimate of drug-likeness (QED) is 0.172. The molecule has 4 aliphatic rings. The Morgan fingerprint density at radius 2 is 0.646 bits per heavy atom. The van der Waals surface area contributed by atoms with Gasteiger partial charge in [0.25, 0.3) is 0 Å². The Kier molecular flexibility index (Phi) is 15.9. The number of rotatable bonds is 7. The highest BCUT2D eigenvalue weighted by molar-refractivity contribution is 9.10. The van der Waals surface area contributed by atoms with Crippen LogP contribution in [0.2, 0.25) is 0 Å². The van der Waals surface area contributed by atoms with Gasteiger partial charge in [-0.05, 0) is 222 Å². The Labute approximate surface area is 671 Å². The van der Waals surface area contributed by atoms with Gasteiger partial charge in [-0.1, -0.05) is 283 Å². The third-order valence-corrected chi connectivity index (χ3v) is 26.1. The molecule has 0 saturated carbocycles. The van der Waals surface area contributed by atoms with Crippen molar-refractivity contribution >= 4 is 129 Å². The van der Waals surface area contributed by atoms with Crippen LogP contribution in [0.4, 0.5) is 28.4 Å². The van der Waals surface area contributed by atoms with E-state index in [1.807, 2.05) is 28.7 Å². The molecule has 0 unspecified atom stereocenters. The number of nitrogens with one attached hydrogen (secondary N) is 1. The fraction of sp³-hybridized carbons (Fsp3) is 0.0189. The smallest absolute Gasteiger partial charge is 0.132 e. The molecule has 2 aliphatic carbocycles. The van der Waals surface area contributed by atoms with Crippen LogP contribution in [-0.2, 0) is 10.8 Å². The van der Waals surface area contributed by atoms with Gasteiger partial charge in [-0.25, -0.2) is 0 Å². The first-order valence-corrected chi connectivity index (χ1v) is 40.8. The Hall–Kier alpha value is -13.4. The molecular formula is C106H67BrN2O2S2. The molecule has 0 amide bonds. The molecule has 113 heavy (non-hydrogen) atoms. The molecule has 0 fully saturated rings. The summed E-state index contributed by atoms with van der Waals surface area (Å²) in [6, 6.07) is 144. The first-order chi connectivity index (χ1) is 55.9. The zero-order chi connectivity index (χ0) is 74.7. The lowest BCUT2D eigenvalue weighted by Crippen LogP contribution is -2.32. The van der Waals surface area contributed by atoms with Crippen LogP contribution in [0.5, 0.6) is 23.0 Å². The molecule has 4 heterocycles. The molecule has 0 radical (unpaired) electrons. The first-order valence-electron chi connectivity index (χ1n) is 38.3. The highest BCUT2D eigenvalue weighted by Crippen LogP contribution is 2.65. The highest BCUT2D eigenvalue weighted by atomic mass is 79.9. The number of fused-ring (bicyclic) bond motifs is 26. The molecule has 4 nitrogen and oxygen atoms in total. The van der Waals surface area contributed by atoms with Gasteiger partial charge in [0.2, 0.25) is 0 Å². The van der Waals surface area contributed by atoms with Crippen LogP contribution >= 0.6 is 38.6 Å². The van der Waals surface area contributed by atoms with Crippen LogP contribution in [0.3, 0.4) is 0 Å². The first kappa shape index (κ1) is 66.6. The second kappa shape index (κ2) is 27.0. The van der Waals surface area contributed by atoms with Crippen molar-refractivity contribution in [2.75, 3.05) is 10.2 Å². The molecule has 18 aromatic carbocycles. The van der Waals surface area contributed by atoms with E-state index in [4.69, 9.17) is 9.47 Å². The van der Waals surface area contributed by atoms with Gasteiger partial charge >= 0.3 is 0 Å².